The van der Waals surface area contributed by atoms with E-state index in [1.54, 1.807) is 0 Å². The van der Waals surface area contributed by atoms with Gasteiger partial charge in [0.2, 0.25) is 0 Å². The summed E-state index contributed by atoms with van der Waals surface area (Å²) in [6.45, 7) is -0.637. The van der Waals surface area contributed by atoms with E-state index in [0.717, 1.165) is 0 Å². The van der Waals surface area contributed by atoms with E-state index in [1.807, 2.05) is 0 Å². The predicted octanol–water partition coefficient (Wildman–Crippen LogP) is 1.12. The van der Waals surface area contributed by atoms with Gasteiger partial charge in [-0.3, -0.25) is 0 Å². The molecule has 1 aromatic rings. The van der Waals surface area contributed by atoms with E-state index in [1.165, 1.54) is 29.0 Å². The summed E-state index contributed by atoms with van der Waals surface area (Å²) in [5.74, 6) is 0. The van der Waals surface area contributed by atoms with Crippen LogP contribution < -0.4 is 4.72 Å². The average Bonchev–Trinajstić information content (AvgIpc) is 2.25. The summed E-state index contributed by atoms with van der Waals surface area (Å²) in [6.07, 6.45) is 0. The van der Waals surface area contributed by atoms with Crippen molar-refractivity contribution in [1.82, 2.24) is 4.72 Å². The molecular formula is C9H10F3NO3S. The van der Waals surface area contributed by atoms with Crippen LogP contribution in [0.15, 0.2) is 24.3 Å². The second kappa shape index (κ2) is 5.03. The second-order valence-electron chi connectivity index (χ2n) is 3.24. The van der Waals surface area contributed by atoms with Crippen molar-refractivity contribution in [3.8, 4) is 0 Å². The molecule has 0 aliphatic carbocycles. The third-order valence-electron chi connectivity index (χ3n) is 1.98. The van der Waals surface area contributed by atoms with Crippen molar-refractivity contribution in [2.75, 3.05) is 0 Å². The Bertz CT molecular complexity index is 467. The van der Waals surface area contributed by atoms with Crippen LogP contribution in [0.1, 0.15) is 11.1 Å². The molecule has 0 aromatic heterocycles. The maximum absolute atomic E-state index is 12.0. The van der Waals surface area contributed by atoms with Crippen LogP contribution in [-0.2, 0) is 23.2 Å². The molecule has 0 amide bonds. The molecule has 0 saturated carbocycles. The standard InChI is InChI=1S/C9H10F3NO3S/c10-9(11,12)17(15,16)13-5-7-1-3-8(6-14)4-2-7/h1-4,13-14H,5-6H2. The highest BCUT2D eigenvalue weighted by Gasteiger charge is 2.45. The van der Waals surface area contributed by atoms with Crippen LogP contribution in [0.2, 0.25) is 0 Å². The van der Waals surface area contributed by atoms with Crippen molar-refractivity contribution in [2.24, 2.45) is 0 Å². The lowest BCUT2D eigenvalue weighted by molar-refractivity contribution is -0.0448. The second-order valence-corrected chi connectivity index (χ2v) is 5.00. The highest BCUT2D eigenvalue weighted by Crippen LogP contribution is 2.21. The van der Waals surface area contributed by atoms with Crippen LogP contribution in [0.3, 0.4) is 0 Å². The van der Waals surface area contributed by atoms with Crippen molar-refractivity contribution >= 4 is 10.0 Å². The molecule has 0 radical (unpaired) electrons. The first-order chi connectivity index (χ1) is 7.76. The summed E-state index contributed by atoms with van der Waals surface area (Å²) < 4.78 is 58.7. The van der Waals surface area contributed by atoms with Crippen molar-refractivity contribution < 1.29 is 26.7 Å². The number of rotatable bonds is 4. The zero-order valence-corrected chi connectivity index (χ0v) is 9.35. The first-order valence-corrected chi connectivity index (χ1v) is 5.99. The van der Waals surface area contributed by atoms with E-state index in [2.05, 4.69) is 0 Å². The number of sulfonamides is 1. The van der Waals surface area contributed by atoms with E-state index in [4.69, 9.17) is 5.11 Å². The lowest BCUT2D eigenvalue weighted by Gasteiger charge is -2.09. The summed E-state index contributed by atoms with van der Waals surface area (Å²) in [7, 11) is -5.31. The topological polar surface area (TPSA) is 66.4 Å². The Balaban J connectivity index is 2.68. The molecule has 0 unspecified atom stereocenters. The predicted molar refractivity (Wildman–Crippen MR) is 54.2 cm³/mol. The number of halogens is 3. The molecule has 17 heavy (non-hydrogen) atoms. The van der Waals surface area contributed by atoms with Gasteiger partial charge in [0.05, 0.1) is 6.61 Å². The molecule has 0 fully saturated rings. The van der Waals surface area contributed by atoms with Gasteiger partial charge >= 0.3 is 15.5 Å². The molecule has 0 aliphatic heterocycles. The lowest BCUT2D eigenvalue weighted by atomic mass is 10.1. The average molecular weight is 269 g/mol. The molecule has 0 saturated heterocycles. The van der Waals surface area contributed by atoms with Crippen LogP contribution in [0, 0.1) is 0 Å². The Kier molecular flexibility index (Phi) is 4.12. The Hall–Kier alpha value is -1.12. The molecule has 0 heterocycles. The minimum Gasteiger partial charge on any atom is -0.392 e. The van der Waals surface area contributed by atoms with E-state index >= 15 is 0 Å². The summed E-state index contributed by atoms with van der Waals surface area (Å²) in [4.78, 5) is 0. The van der Waals surface area contributed by atoms with Crippen LogP contribution in [-0.4, -0.2) is 19.0 Å². The summed E-state index contributed by atoms with van der Waals surface area (Å²) in [5, 5.41) is 8.73. The Morgan fingerprint density at radius 3 is 2.00 bits per heavy atom. The number of aliphatic hydroxyl groups is 1. The first-order valence-electron chi connectivity index (χ1n) is 4.51. The Morgan fingerprint density at radius 1 is 1.12 bits per heavy atom. The van der Waals surface area contributed by atoms with Gasteiger partial charge in [0.1, 0.15) is 0 Å². The van der Waals surface area contributed by atoms with Gasteiger partial charge in [0.15, 0.2) is 0 Å². The van der Waals surface area contributed by atoms with E-state index < -0.39 is 22.1 Å². The summed E-state index contributed by atoms with van der Waals surface area (Å²) in [6, 6.07) is 5.86. The van der Waals surface area contributed by atoms with Gasteiger partial charge in [-0.15, -0.1) is 0 Å². The first kappa shape index (κ1) is 13.9. The number of hydrogen-bond acceptors (Lipinski definition) is 3. The molecule has 0 atom stereocenters. The van der Waals surface area contributed by atoms with Crippen LogP contribution >= 0.6 is 0 Å². The minimum atomic E-state index is -5.31. The third kappa shape index (κ3) is 3.69. The van der Waals surface area contributed by atoms with Crippen molar-refractivity contribution in [2.45, 2.75) is 18.7 Å². The molecule has 0 spiro atoms. The van der Waals surface area contributed by atoms with E-state index in [9.17, 15) is 21.6 Å². The maximum Gasteiger partial charge on any atom is 0.511 e. The number of hydrogen-bond donors (Lipinski definition) is 2. The molecular weight excluding hydrogens is 259 g/mol. The fourth-order valence-corrected chi connectivity index (χ4v) is 1.54. The quantitative estimate of drug-likeness (QED) is 0.860. The van der Waals surface area contributed by atoms with Gasteiger partial charge < -0.3 is 5.11 Å². The van der Waals surface area contributed by atoms with Crippen molar-refractivity contribution in [3.63, 3.8) is 0 Å². The van der Waals surface area contributed by atoms with Crippen molar-refractivity contribution in [3.05, 3.63) is 35.4 Å². The summed E-state index contributed by atoms with van der Waals surface area (Å²) >= 11 is 0. The number of nitrogens with one attached hydrogen (secondary N) is 1. The minimum absolute atomic E-state index is 0.186. The Labute approximate surface area is 96.1 Å². The fraction of sp³-hybridized carbons (Fsp3) is 0.333. The zero-order valence-electron chi connectivity index (χ0n) is 8.53. The monoisotopic (exact) mass is 269 g/mol. The van der Waals surface area contributed by atoms with Gasteiger partial charge in [0, 0.05) is 6.54 Å². The molecule has 8 heteroatoms. The zero-order chi connectivity index (χ0) is 13.1. The Morgan fingerprint density at radius 2 is 1.59 bits per heavy atom. The number of alkyl halides is 3. The van der Waals surface area contributed by atoms with E-state index in [-0.39, 0.29) is 6.61 Å². The molecule has 96 valence electrons. The molecule has 0 bridgehead atoms. The largest absolute Gasteiger partial charge is 0.511 e. The van der Waals surface area contributed by atoms with Crippen molar-refractivity contribution in [1.29, 1.82) is 0 Å². The van der Waals surface area contributed by atoms with Gasteiger partial charge in [-0.2, -0.15) is 13.2 Å². The number of aliphatic hydroxyl groups excluding tert-OH is 1. The van der Waals surface area contributed by atoms with Crippen LogP contribution in [0.4, 0.5) is 13.2 Å². The number of benzene rings is 1. The molecule has 1 aromatic carbocycles. The maximum atomic E-state index is 12.0. The molecule has 1 rings (SSSR count). The molecule has 4 nitrogen and oxygen atoms in total. The SMILES string of the molecule is O=S(=O)(NCc1ccc(CO)cc1)C(F)(F)F. The summed E-state index contributed by atoms with van der Waals surface area (Å²) in [5.41, 5.74) is -4.35. The van der Waals surface area contributed by atoms with Crippen LogP contribution in [0.5, 0.6) is 0 Å². The van der Waals surface area contributed by atoms with Gasteiger partial charge in [-0.05, 0) is 11.1 Å². The highest BCUT2D eigenvalue weighted by molar-refractivity contribution is 7.90. The van der Waals surface area contributed by atoms with E-state index in [0.29, 0.717) is 11.1 Å². The van der Waals surface area contributed by atoms with Gasteiger partial charge in [-0.1, -0.05) is 24.3 Å². The van der Waals surface area contributed by atoms with Crippen LogP contribution in [0.25, 0.3) is 0 Å². The van der Waals surface area contributed by atoms with Gasteiger partial charge in [-0.25, -0.2) is 13.1 Å². The van der Waals surface area contributed by atoms with Gasteiger partial charge in [0.25, 0.3) is 0 Å². The highest BCUT2D eigenvalue weighted by atomic mass is 32.2. The fourth-order valence-electron chi connectivity index (χ4n) is 1.02. The smallest absolute Gasteiger partial charge is 0.392 e. The lowest BCUT2D eigenvalue weighted by Crippen LogP contribution is -2.35. The normalized spacial score (nSPS) is 12.7. The third-order valence-corrected chi connectivity index (χ3v) is 3.11. The molecule has 0 aliphatic rings. The molecule has 2 N–H and O–H groups in total.